The minimum atomic E-state index is -0.769. The third-order valence-corrected chi connectivity index (χ3v) is 16.5. The molecule has 0 aromatic rings. The molecule has 0 saturated carbocycles. The Morgan fingerprint density at radius 3 is 0.654 bits per heavy atom. The zero-order valence-electron chi connectivity index (χ0n) is 53.2. The van der Waals surface area contributed by atoms with Crippen LogP contribution in [0, 0.1) is 0 Å². The molecule has 0 radical (unpaired) electrons. The van der Waals surface area contributed by atoms with Gasteiger partial charge in [-0.1, -0.05) is 360 Å². The zero-order valence-corrected chi connectivity index (χ0v) is 53.2. The smallest absolute Gasteiger partial charge is 0.306 e. The van der Waals surface area contributed by atoms with Crippen molar-refractivity contribution in [1.82, 2.24) is 0 Å². The Bertz CT molecular complexity index is 1210. The Labute approximate surface area is 488 Å². The van der Waals surface area contributed by atoms with Crippen molar-refractivity contribution < 1.29 is 28.6 Å². The maximum Gasteiger partial charge on any atom is 0.306 e. The fraction of sp³-hybridized carbons (Fsp3) is 0.931. The Morgan fingerprint density at radius 2 is 0.423 bits per heavy atom. The third kappa shape index (κ3) is 65.0. The second kappa shape index (κ2) is 67.7. The fourth-order valence-corrected chi connectivity index (χ4v) is 11.2. The van der Waals surface area contributed by atoms with Gasteiger partial charge in [0.25, 0.3) is 0 Å². The van der Waals surface area contributed by atoms with Gasteiger partial charge in [-0.2, -0.15) is 0 Å². The lowest BCUT2D eigenvalue weighted by molar-refractivity contribution is -0.167. The van der Waals surface area contributed by atoms with Crippen LogP contribution in [0.5, 0.6) is 0 Å². The summed E-state index contributed by atoms with van der Waals surface area (Å²) in [4.78, 5) is 38.3. The molecule has 1 atom stereocenters. The molecule has 0 fully saturated rings. The molecule has 0 N–H and O–H groups in total. The van der Waals surface area contributed by atoms with Crippen LogP contribution in [0.4, 0.5) is 0 Å². The van der Waals surface area contributed by atoms with E-state index in [2.05, 4.69) is 32.9 Å². The molecule has 6 heteroatoms. The highest BCUT2D eigenvalue weighted by atomic mass is 16.6. The summed E-state index contributed by atoms with van der Waals surface area (Å²) in [6.45, 7) is 6.70. The molecule has 1 unspecified atom stereocenters. The van der Waals surface area contributed by atoms with Crippen LogP contribution in [-0.4, -0.2) is 37.2 Å². The molecule has 0 bridgehead atoms. The molecule has 0 amide bonds. The van der Waals surface area contributed by atoms with E-state index in [4.69, 9.17) is 14.2 Å². The number of unbranched alkanes of at least 4 members (excludes halogenated alkanes) is 54. The summed E-state index contributed by atoms with van der Waals surface area (Å²) in [7, 11) is 0. The molecule has 0 aliphatic rings. The highest BCUT2D eigenvalue weighted by molar-refractivity contribution is 5.71. The highest BCUT2D eigenvalue weighted by Crippen LogP contribution is 2.19. The number of ether oxygens (including phenoxy) is 3. The number of allylic oxidation sites excluding steroid dienone is 2. The van der Waals surface area contributed by atoms with E-state index in [1.807, 2.05) is 0 Å². The van der Waals surface area contributed by atoms with Gasteiger partial charge in [-0.05, 0) is 44.9 Å². The molecule has 0 aromatic carbocycles. The van der Waals surface area contributed by atoms with Crippen LogP contribution in [0.1, 0.15) is 412 Å². The first kappa shape index (κ1) is 76.1. The second-order valence-corrected chi connectivity index (χ2v) is 24.5. The van der Waals surface area contributed by atoms with Gasteiger partial charge >= 0.3 is 17.9 Å². The van der Waals surface area contributed by atoms with Crippen molar-refractivity contribution in [3.05, 3.63) is 12.2 Å². The van der Waals surface area contributed by atoms with Gasteiger partial charge in [0.1, 0.15) is 13.2 Å². The van der Waals surface area contributed by atoms with Crippen LogP contribution >= 0.6 is 0 Å². The molecule has 462 valence electrons. The minimum Gasteiger partial charge on any atom is -0.462 e. The van der Waals surface area contributed by atoms with Crippen LogP contribution in [0.3, 0.4) is 0 Å². The number of carbonyl (C=O) groups excluding carboxylic acids is 3. The van der Waals surface area contributed by atoms with Crippen LogP contribution < -0.4 is 0 Å². The van der Waals surface area contributed by atoms with E-state index in [1.165, 1.54) is 308 Å². The fourth-order valence-electron chi connectivity index (χ4n) is 11.2. The van der Waals surface area contributed by atoms with E-state index in [1.54, 1.807) is 0 Å². The quantitative estimate of drug-likeness (QED) is 0.0261. The van der Waals surface area contributed by atoms with Crippen molar-refractivity contribution in [3.63, 3.8) is 0 Å². The Balaban J connectivity index is 4.09. The molecular formula is C72H138O6. The van der Waals surface area contributed by atoms with E-state index >= 15 is 0 Å². The molecule has 0 heterocycles. The summed E-state index contributed by atoms with van der Waals surface area (Å²) in [5, 5.41) is 0. The van der Waals surface area contributed by atoms with E-state index in [9.17, 15) is 14.4 Å². The largest absolute Gasteiger partial charge is 0.462 e. The molecule has 0 rings (SSSR count). The molecule has 6 nitrogen and oxygen atoms in total. The third-order valence-electron chi connectivity index (χ3n) is 16.5. The summed E-state index contributed by atoms with van der Waals surface area (Å²) in [6.07, 6.45) is 81.2. The highest BCUT2D eigenvalue weighted by Gasteiger charge is 2.19. The normalized spacial score (nSPS) is 12.0. The van der Waals surface area contributed by atoms with Gasteiger partial charge in [-0.25, -0.2) is 0 Å². The average molecular weight is 1100 g/mol. The van der Waals surface area contributed by atoms with Gasteiger partial charge in [0.05, 0.1) is 0 Å². The summed E-state index contributed by atoms with van der Waals surface area (Å²) < 4.78 is 17.0. The molecule has 0 spiro atoms. The Morgan fingerprint density at radius 1 is 0.244 bits per heavy atom. The summed E-state index contributed by atoms with van der Waals surface area (Å²) in [5.41, 5.74) is 0. The predicted molar refractivity (Wildman–Crippen MR) is 340 cm³/mol. The average Bonchev–Trinajstić information content (AvgIpc) is 3.44. The summed E-state index contributed by atoms with van der Waals surface area (Å²) in [5.74, 6) is -0.842. The molecule has 0 aliphatic heterocycles. The standard InChI is InChI=1S/C72H138O6/c1-4-7-10-13-16-19-22-25-27-29-30-31-32-33-34-35-36-37-38-39-40-41-42-43-45-47-50-53-56-59-62-65-71(74)77-68-69(67-76-70(73)64-61-58-55-52-49-46-24-21-18-15-12-9-6-3)78-72(75)66-63-60-57-54-51-48-44-28-26-23-20-17-14-11-8-5-2/h21,24,69H,4-20,22-23,25-68H2,1-3H3/b24-21-. The molecule has 78 heavy (non-hydrogen) atoms. The lowest BCUT2D eigenvalue weighted by atomic mass is 10.0. The van der Waals surface area contributed by atoms with Crippen molar-refractivity contribution in [1.29, 1.82) is 0 Å². The first-order chi connectivity index (χ1) is 38.5. The number of rotatable bonds is 67. The number of hydrogen-bond donors (Lipinski definition) is 0. The first-order valence-electron chi connectivity index (χ1n) is 35.7. The van der Waals surface area contributed by atoms with Crippen molar-refractivity contribution >= 4 is 17.9 Å². The zero-order chi connectivity index (χ0) is 56.4. The van der Waals surface area contributed by atoms with E-state index in [-0.39, 0.29) is 31.1 Å². The molecule has 0 aliphatic carbocycles. The maximum absolute atomic E-state index is 12.9. The van der Waals surface area contributed by atoms with Crippen molar-refractivity contribution in [2.75, 3.05) is 13.2 Å². The van der Waals surface area contributed by atoms with E-state index in [0.717, 1.165) is 64.2 Å². The van der Waals surface area contributed by atoms with Crippen LogP contribution in [0.15, 0.2) is 12.2 Å². The summed E-state index contributed by atoms with van der Waals surface area (Å²) in [6, 6.07) is 0. The van der Waals surface area contributed by atoms with Gasteiger partial charge in [-0.15, -0.1) is 0 Å². The lowest BCUT2D eigenvalue weighted by Crippen LogP contribution is -2.30. The van der Waals surface area contributed by atoms with Crippen LogP contribution in [0.2, 0.25) is 0 Å². The van der Waals surface area contributed by atoms with Crippen molar-refractivity contribution in [2.45, 2.75) is 419 Å². The topological polar surface area (TPSA) is 78.9 Å². The maximum atomic E-state index is 12.9. The number of hydrogen-bond acceptors (Lipinski definition) is 6. The minimum absolute atomic E-state index is 0.0659. The van der Waals surface area contributed by atoms with E-state index < -0.39 is 6.10 Å². The number of esters is 3. The molecule has 0 saturated heterocycles. The lowest BCUT2D eigenvalue weighted by Gasteiger charge is -2.18. The Hall–Kier alpha value is -1.85. The van der Waals surface area contributed by atoms with Gasteiger partial charge in [-0.3, -0.25) is 14.4 Å². The van der Waals surface area contributed by atoms with Crippen LogP contribution in [-0.2, 0) is 28.6 Å². The van der Waals surface area contributed by atoms with Crippen molar-refractivity contribution in [3.8, 4) is 0 Å². The van der Waals surface area contributed by atoms with Gasteiger partial charge in [0.2, 0.25) is 0 Å². The predicted octanol–water partition coefficient (Wildman–Crippen LogP) is 24.4. The summed E-state index contributed by atoms with van der Waals surface area (Å²) >= 11 is 0. The monoisotopic (exact) mass is 1100 g/mol. The Kier molecular flexibility index (Phi) is 66.0. The van der Waals surface area contributed by atoms with Crippen molar-refractivity contribution in [2.24, 2.45) is 0 Å². The second-order valence-electron chi connectivity index (χ2n) is 24.5. The van der Waals surface area contributed by atoms with Crippen LogP contribution in [0.25, 0.3) is 0 Å². The molecule has 0 aromatic heterocycles. The van der Waals surface area contributed by atoms with E-state index in [0.29, 0.717) is 19.3 Å². The van der Waals surface area contributed by atoms with Gasteiger partial charge in [0.15, 0.2) is 6.10 Å². The number of carbonyl (C=O) groups is 3. The first-order valence-corrected chi connectivity index (χ1v) is 35.7. The van der Waals surface area contributed by atoms with Gasteiger partial charge < -0.3 is 14.2 Å². The SMILES string of the molecule is CCCCCC/C=C\CCCCCCCC(=O)OCC(COC(=O)CCCCCCCCCCCCCCCCCCCCCCCCCCCCCCCCC)OC(=O)CCCCCCCCCCCCCCCCCC. The molecular weight excluding hydrogens is 961 g/mol. The van der Waals surface area contributed by atoms with Gasteiger partial charge in [0, 0.05) is 19.3 Å².